The predicted molar refractivity (Wildman–Crippen MR) is 90.4 cm³/mol. The molecule has 0 saturated carbocycles. The van der Waals surface area contributed by atoms with E-state index in [2.05, 4.69) is 10.4 Å². The van der Waals surface area contributed by atoms with Gasteiger partial charge in [0.2, 0.25) is 0 Å². The van der Waals surface area contributed by atoms with Crippen LogP contribution in [0.1, 0.15) is 58.9 Å². The van der Waals surface area contributed by atoms with Crippen LogP contribution in [0.5, 0.6) is 0 Å². The molecule has 0 aliphatic carbocycles. The zero-order valence-electron chi connectivity index (χ0n) is 24.5. The van der Waals surface area contributed by atoms with E-state index in [-0.39, 0.29) is 0 Å². The minimum atomic E-state index is -3.03. The Morgan fingerprint density at radius 2 is 2.17 bits per heavy atom. The third kappa shape index (κ3) is 2.53. The molecule has 2 atom stereocenters. The highest BCUT2D eigenvalue weighted by molar-refractivity contribution is 6.04. The summed E-state index contributed by atoms with van der Waals surface area (Å²) < 4.78 is 99.1. The van der Waals surface area contributed by atoms with Gasteiger partial charge in [-0.05, 0) is 38.7 Å². The monoisotopic (exact) mass is 324 g/mol. The lowest BCUT2D eigenvalue weighted by atomic mass is 9.82. The second-order valence-electron chi connectivity index (χ2n) is 5.73. The van der Waals surface area contributed by atoms with E-state index in [1.54, 1.807) is 11.9 Å². The first-order valence-corrected chi connectivity index (χ1v) is 7.43. The zero-order valence-corrected chi connectivity index (χ0v) is 12.5. The maximum absolute atomic E-state index is 13.4. The summed E-state index contributed by atoms with van der Waals surface area (Å²) >= 11 is 0. The molecule has 23 heavy (non-hydrogen) atoms. The molecule has 5 nitrogen and oxygen atoms in total. The Morgan fingerprint density at radius 1 is 1.43 bits per heavy atom. The molecule has 2 unspecified atom stereocenters. The highest BCUT2D eigenvalue weighted by Gasteiger charge is 2.36. The standard InChI is InChI=1S/C18H24N4O/c1-21-13-6-5-7-14(21)11-12(10-13)19-18(23)17-15-8-3-4-9-16(15)22(2)20-17/h3-4,8-9,12-14H,5-7,10-11H2,1-2H3,(H,19,23)/i2D3,3D,4D,8D,9D,10D2,11D2,12D. The molecule has 1 aromatic carbocycles. The Balaban J connectivity index is 1.91. The maximum Gasteiger partial charge on any atom is 0.272 e. The molecule has 1 N–H and O–H groups in total. The van der Waals surface area contributed by atoms with Crippen LogP contribution in [0.3, 0.4) is 0 Å². The van der Waals surface area contributed by atoms with Crippen LogP contribution >= 0.6 is 0 Å². The molecule has 2 fully saturated rings. The third-order valence-corrected chi connectivity index (χ3v) is 4.33. The Hall–Kier alpha value is -1.88. The second kappa shape index (κ2) is 5.64. The van der Waals surface area contributed by atoms with Crippen LogP contribution in [0.4, 0.5) is 0 Å². The van der Waals surface area contributed by atoms with Gasteiger partial charge in [-0.25, -0.2) is 0 Å². The van der Waals surface area contributed by atoms with Gasteiger partial charge in [-0.15, -0.1) is 0 Å². The summed E-state index contributed by atoms with van der Waals surface area (Å²) in [7, 11) is 1.58. The number of aryl methyl sites for hydroxylation is 1. The van der Waals surface area contributed by atoms with Crippen molar-refractivity contribution < 1.29 is 21.2 Å². The summed E-state index contributed by atoms with van der Waals surface area (Å²) in [5.74, 6) is -1.31. The van der Waals surface area contributed by atoms with Crippen molar-refractivity contribution >= 4 is 16.8 Å². The number of fused-ring (bicyclic) bond motifs is 3. The molecule has 2 aliphatic heterocycles. The van der Waals surface area contributed by atoms with Gasteiger partial charge in [0.05, 0.1) is 12.4 Å². The summed E-state index contributed by atoms with van der Waals surface area (Å²) in [6.45, 7) is -3.03. The first-order chi connectivity index (χ1) is 15.9. The maximum atomic E-state index is 13.4. The van der Waals surface area contributed by atoms with Gasteiger partial charge in [0.25, 0.3) is 5.91 Å². The van der Waals surface area contributed by atoms with Crippen LogP contribution in [0.2, 0.25) is 0 Å². The number of aromatic nitrogens is 2. The Morgan fingerprint density at radius 3 is 2.91 bits per heavy atom. The number of para-hydroxylation sites is 1. The number of amides is 1. The summed E-state index contributed by atoms with van der Waals surface area (Å²) in [6.07, 6.45) is -3.90. The summed E-state index contributed by atoms with van der Waals surface area (Å²) in [6, 6.07) is -7.46. The predicted octanol–water partition coefficient (Wildman–Crippen LogP) is 2.32. The van der Waals surface area contributed by atoms with Crippen molar-refractivity contribution in [1.29, 1.82) is 0 Å². The van der Waals surface area contributed by atoms with Crippen LogP contribution in [-0.2, 0) is 6.98 Å². The van der Waals surface area contributed by atoms with Crippen LogP contribution in [0.15, 0.2) is 24.2 Å². The topological polar surface area (TPSA) is 50.2 Å². The van der Waals surface area contributed by atoms with E-state index in [1.807, 2.05) is 0 Å². The van der Waals surface area contributed by atoms with Crippen LogP contribution < -0.4 is 5.32 Å². The van der Waals surface area contributed by atoms with Crippen LogP contribution in [0.25, 0.3) is 10.9 Å². The summed E-state index contributed by atoms with van der Waals surface area (Å²) in [5.41, 5.74) is -1.31. The highest BCUT2D eigenvalue weighted by Crippen LogP contribution is 2.32. The number of carbonyl (C=O) groups is 1. The van der Waals surface area contributed by atoms with Crippen molar-refractivity contribution in [3.05, 3.63) is 29.9 Å². The number of benzene rings is 1. The van der Waals surface area contributed by atoms with E-state index < -0.39 is 84.5 Å². The molecule has 2 saturated heterocycles. The fraction of sp³-hybridized carbons (Fsp3) is 0.556. The number of piperidine rings is 2. The quantitative estimate of drug-likeness (QED) is 0.922. The van der Waals surface area contributed by atoms with Crippen molar-refractivity contribution in [2.75, 3.05) is 7.05 Å². The van der Waals surface area contributed by atoms with E-state index in [1.165, 1.54) is 0 Å². The van der Waals surface area contributed by atoms with Gasteiger partial charge in [0.1, 0.15) is 0 Å². The van der Waals surface area contributed by atoms with Crippen molar-refractivity contribution in [1.82, 2.24) is 20.0 Å². The number of nitrogens with one attached hydrogen (secondary N) is 1. The minimum absolute atomic E-state index is 0.318. The van der Waals surface area contributed by atoms with Gasteiger partial charge in [0, 0.05) is 40.1 Å². The molecule has 0 spiro atoms. The van der Waals surface area contributed by atoms with Crippen molar-refractivity contribution in [3.8, 4) is 0 Å². The third-order valence-electron chi connectivity index (χ3n) is 4.33. The fourth-order valence-corrected chi connectivity index (χ4v) is 3.09. The first kappa shape index (κ1) is 6.55. The van der Waals surface area contributed by atoms with Gasteiger partial charge in [-0.1, -0.05) is 24.5 Å². The molecule has 2 aliphatic rings. The second-order valence-corrected chi connectivity index (χ2v) is 5.73. The highest BCUT2D eigenvalue weighted by atomic mass is 16.2. The van der Waals surface area contributed by atoms with E-state index >= 15 is 0 Å². The van der Waals surface area contributed by atoms with Crippen molar-refractivity contribution in [2.24, 2.45) is 6.98 Å². The molecular weight excluding hydrogens is 288 g/mol. The molecular formula is C18H24N4O. The lowest BCUT2D eigenvalue weighted by Crippen LogP contribution is -2.55. The smallest absolute Gasteiger partial charge is 0.272 e. The van der Waals surface area contributed by atoms with Crippen molar-refractivity contribution in [2.45, 2.75) is 50.1 Å². The van der Waals surface area contributed by atoms with E-state index in [0.717, 1.165) is 0 Å². The molecule has 2 aromatic rings. The fourth-order valence-electron chi connectivity index (χ4n) is 3.09. The SMILES string of the molecule is [2H]c1c([2H])c([2H])c2c(c(C(=O)NC3([2H])C([2H])([2H])C4CCCC(N4C)C3([2H])[2H])nn2C([2H])([2H])[2H])c1[2H]. The largest absolute Gasteiger partial charge is 0.348 e. The van der Waals surface area contributed by atoms with Gasteiger partial charge in [-0.2, -0.15) is 5.10 Å². The molecule has 1 amide bonds. The first-order valence-electron chi connectivity index (χ1n) is 13.4. The lowest BCUT2D eigenvalue weighted by Gasteiger charge is -2.47. The average Bonchev–Trinajstić information content (AvgIpc) is 3.16. The lowest BCUT2D eigenvalue weighted by molar-refractivity contribution is 0.0462. The van der Waals surface area contributed by atoms with E-state index in [9.17, 15) is 4.79 Å². The molecule has 3 heterocycles. The number of carbonyl (C=O) groups excluding carboxylic acids is 1. The van der Waals surface area contributed by atoms with E-state index in [4.69, 9.17) is 16.4 Å². The van der Waals surface area contributed by atoms with Crippen molar-refractivity contribution in [3.63, 3.8) is 0 Å². The molecule has 5 heteroatoms. The molecule has 122 valence electrons. The molecule has 4 rings (SSSR count). The van der Waals surface area contributed by atoms with Gasteiger partial charge in [-0.3, -0.25) is 9.48 Å². The van der Waals surface area contributed by atoms with Gasteiger partial charge in [0.15, 0.2) is 5.69 Å². The number of hydrogen-bond acceptors (Lipinski definition) is 3. The number of nitrogens with zero attached hydrogens (tertiary/aromatic N) is 3. The Labute approximate surface area is 153 Å². The summed E-state index contributed by atoms with van der Waals surface area (Å²) in [5, 5.41) is 5.35. The number of rotatable bonds is 2. The minimum Gasteiger partial charge on any atom is -0.348 e. The zero-order chi connectivity index (χ0) is 26.5. The van der Waals surface area contributed by atoms with E-state index in [0.29, 0.717) is 23.9 Å². The van der Waals surface area contributed by atoms with Gasteiger partial charge < -0.3 is 10.2 Å². The summed E-state index contributed by atoms with van der Waals surface area (Å²) in [4.78, 5) is 15.0. The van der Waals surface area contributed by atoms with Crippen LogP contribution in [0, 0.1) is 0 Å². The Kier molecular flexibility index (Phi) is 1.61. The molecule has 0 radical (unpaired) electrons. The number of hydrogen-bond donors (Lipinski definition) is 1. The normalized spacial score (nSPS) is 43.7. The Bertz CT molecular complexity index is 1200. The average molecular weight is 324 g/mol. The van der Waals surface area contributed by atoms with Crippen LogP contribution in [-0.4, -0.2) is 45.7 Å². The molecule has 2 bridgehead atoms. The van der Waals surface area contributed by atoms with Gasteiger partial charge >= 0.3 is 0 Å². The molecule has 1 aromatic heterocycles.